The van der Waals surface area contributed by atoms with Gasteiger partial charge in [-0.3, -0.25) is 9.78 Å². The molecule has 0 radical (unpaired) electrons. The van der Waals surface area contributed by atoms with Crippen molar-refractivity contribution in [3.05, 3.63) is 30.1 Å². The smallest absolute Gasteiger partial charge is 0.272 e. The summed E-state index contributed by atoms with van der Waals surface area (Å²) in [6.45, 7) is 5.13. The minimum absolute atomic E-state index is 0.0971. The van der Waals surface area contributed by atoms with Gasteiger partial charge in [0.05, 0.1) is 6.10 Å². The van der Waals surface area contributed by atoms with E-state index in [0.717, 1.165) is 6.42 Å². The number of likely N-dealkylation sites (tertiary alicyclic amines) is 1. The van der Waals surface area contributed by atoms with E-state index in [1.807, 2.05) is 13.8 Å². The number of hydrogen-bond acceptors (Lipinski definition) is 3. The second-order valence-corrected chi connectivity index (χ2v) is 5.22. The zero-order chi connectivity index (χ0) is 12.5. The molecule has 1 fully saturated rings. The highest BCUT2D eigenvalue weighted by Crippen LogP contribution is 2.30. The van der Waals surface area contributed by atoms with Crippen LogP contribution in [-0.2, 0) is 0 Å². The number of aliphatic hydroxyl groups is 1. The van der Waals surface area contributed by atoms with E-state index in [1.54, 1.807) is 29.3 Å². The Bertz CT molecular complexity index is 403. The van der Waals surface area contributed by atoms with Crippen LogP contribution in [0, 0.1) is 5.41 Å². The topological polar surface area (TPSA) is 53.4 Å². The Morgan fingerprint density at radius 1 is 1.53 bits per heavy atom. The second-order valence-electron chi connectivity index (χ2n) is 5.22. The predicted molar refractivity (Wildman–Crippen MR) is 64.5 cm³/mol. The van der Waals surface area contributed by atoms with Gasteiger partial charge in [0.1, 0.15) is 5.69 Å². The van der Waals surface area contributed by atoms with Crippen molar-refractivity contribution in [2.75, 3.05) is 13.1 Å². The van der Waals surface area contributed by atoms with E-state index in [9.17, 15) is 9.90 Å². The minimum atomic E-state index is -0.469. The molecule has 17 heavy (non-hydrogen) atoms. The first-order chi connectivity index (χ1) is 8.00. The van der Waals surface area contributed by atoms with Gasteiger partial charge < -0.3 is 10.0 Å². The number of nitrogens with zero attached hydrogens (tertiary/aromatic N) is 2. The molecule has 1 aliphatic rings. The first-order valence-corrected chi connectivity index (χ1v) is 5.89. The zero-order valence-electron chi connectivity index (χ0n) is 10.3. The molecule has 1 atom stereocenters. The first kappa shape index (κ1) is 12.0. The lowest BCUT2D eigenvalue weighted by Crippen LogP contribution is -2.50. The van der Waals surface area contributed by atoms with Crippen LogP contribution in [0.15, 0.2) is 24.4 Å². The van der Waals surface area contributed by atoms with Crippen LogP contribution in [0.25, 0.3) is 0 Å². The van der Waals surface area contributed by atoms with Gasteiger partial charge in [0.2, 0.25) is 0 Å². The predicted octanol–water partition coefficient (Wildman–Crippen LogP) is 1.31. The molecule has 1 aromatic rings. The zero-order valence-corrected chi connectivity index (χ0v) is 10.3. The molecule has 1 saturated heterocycles. The van der Waals surface area contributed by atoms with E-state index < -0.39 is 6.10 Å². The average Bonchev–Trinajstić information content (AvgIpc) is 2.33. The molecule has 1 unspecified atom stereocenters. The molecule has 4 nitrogen and oxygen atoms in total. The maximum Gasteiger partial charge on any atom is 0.272 e. The summed E-state index contributed by atoms with van der Waals surface area (Å²) in [7, 11) is 0. The van der Waals surface area contributed by atoms with Gasteiger partial charge in [-0.05, 0) is 24.0 Å². The lowest BCUT2D eigenvalue weighted by Gasteiger charge is -2.41. The Labute approximate surface area is 101 Å². The SMILES string of the molecule is CC1(C)CCN(C(=O)c2ccccn2)CC1O. The van der Waals surface area contributed by atoms with Crippen LogP contribution in [0.5, 0.6) is 0 Å². The Morgan fingerprint density at radius 2 is 2.29 bits per heavy atom. The number of aliphatic hydroxyl groups excluding tert-OH is 1. The number of pyridine rings is 1. The van der Waals surface area contributed by atoms with Gasteiger partial charge in [0.15, 0.2) is 0 Å². The number of aromatic nitrogens is 1. The van der Waals surface area contributed by atoms with Gasteiger partial charge in [0.25, 0.3) is 5.91 Å². The monoisotopic (exact) mass is 234 g/mol. The van der Waals surface area contributed by atoms with Gasteiger partial charge >= 0.3 is 0 Å². The molecule has 0 saturated carbocycles. The van der Waals surface area contributed by atoms with E-state index in [2.05, 4.69) is 4.98 Å². The van der Waals surface area contributed by atoms with Crippen LogP contribution in [-0.4, -0.2) is 40.1 Å². The third kappa shape index (κ3) is 2.47. The third-order valence-electron chi connectivity index (χ3n) is 3.49. The molecule has 0 spiro atoms. The van der Waals surface area contributed by atoms with E-state index in [0.29, 0.717) is 18.8 Å². The Morgan fingerprint density at radius 3 is 2.88 bits per heavy atom. The number of rotatable bonds is 1. The quantitative estimate of drug-likeness (QED) is 0.797. The standard InChI is InChI=1S/C13H18N2O2/c1-13(2)6-8-15(9-11(13)16)12(17)10-5-3-4-7-14-10/h3-5,7,11,16H,6,8-9H2,1-2H3. The Kier molecular flexibility index (Phi) is 3.15. The van der Waals surface area contributed by atoms with Crippen molar-refractivity contribution >= 4 is 5.91 Å². The van der Waals surface area contributed by atoms with Gasteiger partial charge in [-0.15, -0.1) is 0 Å². The fourth-order valence-corrected chi connectivity index (χ4v) is 1.97. The second kappa shape index (κ2) is 4.45. The number of carbonyl (C=O) groups is 1. The van der Waals surface area contributed by atoms with Crippen LogP contribution < -0.4 is 0 Å². The molecular weight excluding hydrogens is 216 g/mol. The van der Waals surface area contributed by atoms with Crippen molar-refractivity contribution in [3.8, 4) is 0 Å². The maximum absolute atomic E-state index is 12.1. The first-order valence-electron chi connectivity index (χ1n) is 5.89. The minimum Gasteiger partial charge on any atom is -0.391 e. The third-order valence-corrected chi connectivity index (χ3v) is 3.49. The number of carbonyl (C=O) groups excluding carboxylic acids is 1. The number of hydrogen-bond donors (Lipinski definition) is 1. The number of amides is 1. The molecule has 1 aromatic heterocycles. The van der Waals surface area contributed by atoms with Gasteiger partial charge in [0, 0.05) is 19.3 Å². The van der Waals surface area contributed by atoms with Crippen LogP contribution in [0.3, 0.4) is 0 Å². The van der Waals surface area contributed by atoms with Crippen molar-refractivity contribution in [3.63, 3.8) is 0 Å². The van der Waals surface area contributed by atoms with Crippen molar-refractivity contribution < 1.29 is 9.90 Å². The van der Waals surface area contributed by atoms with Crippen LogP contribution in [0.4, 0.5) is 0 Å². The molecule has 1 aliphatic heterocycles. The molecule has 0 aliphatic carbocycles. The molecule has 92 valence electrons. The van der Waals surface area contributed by atoms with Crippen LogP contribution >= 0.6 is 0 Å². The van der Waals surface area contributed by atoms with Crippen molar-refractivity contribution in [2.24, 2.45) is 5.41 Å². The van der Waals surface area contributed by atoms with Gasteiger partial charge in [-0.25, -0.2) is 0 Å². The fourth-order valence-electron chi connectivity index (χ4n) is 1.97. The normalized spacial score (nSPS) is 23.5. The maximum atomic E-state index is 12.1. The summed E-state index contributed by atoms with van der Waals surface area (Å²) in [5.41, 5.74) is 0.334. The Hall–Kier alpha value is -1.42. The summed E-state index contributed by atoms with van der Waals surface area (Å²) in [6.07, 6.45) is 1.95. The number of piperidine rings is 1. The van der Waals surface area contributed by atoms with E-state index in [1.165, 1.54) is 0 Å². The summed E-state index contributed by atoms with van der Waals surface area (Å²) in [5.74, 6) is -0.0971. The molecule has 4 heteroatoms. The van der Waals surface area contributed by atoms with Crippen molar-refractivity contribution in [2.45, 2.75) is 26.4 Å². The summed E-state index contributed by atoms with van der Waals surface area (Å²) < 4.78 is 0. The molecule has 2 heterocycles. The molecule has 1 amide bonds. The molecule has 2 rings (SSSR count). The number of β-amino-alcohol motifs (C(OH)–C–C–N with tert-alkyl or cyclic N) is 1. The van der Waals surface area contributed by atoms with E-state index in [-0.39, 0.29) is 11.3 Å². The summed E-state index contributed by atoms with van der Waals surface area (Å²) in [4.78, 5) is 17.8. The molecular formula is C13H18N2O2. The van der Waals surface area contributed by atoms with Gasteiger partial charge in [-0.1, -0.05) is 19.9 Å². The van der Waals surface area contributed by atoms with E-state index in [4.69, 9.17) is 0 Å². The lowest BCUT2D eigenvalue weighted by molar-refractivity contribution is -0.0192. The largest absolute Gasteiger partial charge is 0.391 e. The molecule has 0 aromatic carbocycles. The van der Waals surface area contributed by atoms with Crippen molar-refractivity contribution in [1.29, 1.82) is 0 Å². The van der Waals surface area contributed by atoms with E-state index >= 15 is 0 Å². The Balaban J connectivity index is 2.08. The fraction of sp³-hybridized carbons (Fsp3) is 0.538. The summed E-state index contributed by atoms with van der Waals surface area (Å²) in [6, 6.07) is 5.28. The van der Waals surface area contributed by atoms with Crippen molar-refractivity contribution in [1.82, 2.24) is 9.88 Å². The lowest BCUT2D eigenvalue weighted by atomic mass is 9.80. The molecule has 0 bridgehead atoms. The van der Waals surface area contributed by atoms with Crippen LogP contribution in [0.1, 0.15) is 30.8 Å². The molecule has 1 N–H and O–H groups in total. The van der Waals surface area contributed by atoms with Gasteiger partial charge in [-0.2, -0.15) is 0 Å². The highest BCUT2D eigenvalue weighted by molar-refractivity contribution is 5.92. The highest BCUT2D eigenvalue weighted by Gasteiger charge is 2.36. The highest BCUT2D eigenvalue weighted by atomic mass is 16.3. The van der Waals surface area contributed by atoms with Crippen LogP contribution in [0.2, 0.25) is 0 Å². The average molecular weight is 234 g/mol. The summed E-state index contributed by atoms with van der Waals surface area (Å²) in [5, 5.41) is 9.99. The summed E-state index contributed by atoms with van der Waals surface area (Å²) >= 11 is 0.